The van der Waals surface area contributed by atoms with Crippen molar-refractivity contribution in [2.45, 2.75) is 51.0 Å². The zero-order valence-electron chi connectivity index (χ0n) is 23.8. The number of aliphatic carboxylic acids is 2. The number of nitrogens with zero attached hydrogens (tertiary/aromatic N) is 2. The zero-order valence-corrected chi connectivity index (χ0v) is 23.8. The summed E-state index contributed by atoms with van der Waals surface area (Å²) in [4.78, 5) is 49.5. The lowest BCUT2D eigenvalue weighted by Gasteiger charge is -2.26. The molecule has 1 aliphatic carbocycles. The highest BCUT2D eigenvalue weighted by atomic mass is 16.5. The van der Waals surface area contributed by atoms with Crippen molar-refractivity contribution >= 4 is 23.9 Å². The molecule has 0 radical (unpaired) electrons. The summed E-state index contributed by atoms with van der Waals surface area (Å²) in [5.41, 5.74) is 3.85. The highest BCUT2D eigenvalue weighted by Gasteiger charge is 2.33. The Hall–Kier alpha value is -4.10. The number of carboxylic acid groups (broad SMARTS) is 2. The summed E-state index contributed by atoms with van der Waals surface area (Å²) in [7, 11) is 3.15. The maximum Gasteiger partial charge on any atom is 0.318 e. The van der Waals surface area contributed by atoms with Crippen LogP contribution in [-0.2, 0) is 36.9 Å². The normalized spacial score (nSPS) is 19.0. The number of hydrogen-bond acceptors (Lipinski definition) is 8. The number of hydrogen-bond donors (Lipinski definition) is 3. The molecule has 2 atom stereocenters. The number of rotatable bonds is 14. The third kappa shape index (κ3) is 7.79. The van der Waals surface area contributed by atoms with Crippen molar-refractivity contribution in [2.75, 3.05) is 47.1 Å². The monoisotopic (exact) mass is 587 g/mol. The van der Waals surface area contributed by atoms with E-state index in [0.29, 0.717) is 57.3 Å². The van der Waals surface area contributed by atoms with Crippen LogP contribution in [0.2, 0.25) is 0 Å². The molecule has 0 bridgehead atoms. The number of nitrogens with one attached hydrogen (secondary N) is 1. The van der Waals surface area contributed by atoms with Gasteiger partial charge in [0.1, 0.15) is 12.2 Å². The molecular weight excluding hydrogens is 550 g/mol. The molecule has 4 rings (SSSR count). The predicted octanol–water partition coefficient (Wildman–Crippen LogP) is 1.94. The molecule has 2 aliphatic heterocycles. The molecule has 13 nitrogen and oxygen atoms in total. The summed E-state index contributed by atoms with van der Waals surface area (Å²) in [6.07, 6.45) is 3.54. The third-order valence-electron chi connectivity index (χ3n) is 7.33. The van der Waals surface area contributed by atoms with E-state index in [2.05, 4.69) is 5.32 Å². The topological polar surface area (TPSA) is 164 Å². The Morgan fingerprint density at radius 1 is 0.833 bits per heavy atom. The van der Waals surface area contributed by atoms with Crippen molar-refractivity contribution in [2.24, 2.45) is 0 Å². The number of methoxy groups -OCH3 is 2. The lowest BCUT2D eigenvalue weighted by atomic mass is 9.96. The second-order valence-corrected chi connectivity index (χ2v) is 10.3. The van der Waals surface area contributed by atoms with E-state index in [0.717, 1.165) is 22.3 Å². The molecule has 1 aromatic carbocycles. The van der Waals surface area contributed by atoms with Gasteiger partial charge in [0.15, 0.2) is 11.5 Å². The van der Waals surface area contributed by atoms with Gasteiger partial charge in [0.25, 0.3) is 0 Å². The maximum atomic E-state index is 12.4. The first-order valence-electron chi connectivity index (χ1n) is 13.8. The van der Waals surface area contributed by atoms with Crippen molar-refractivity contribution in [3.05, 3.63) is 46.6 Å². The summed E-state index contributed by atoms with van der Waals surface area (Å²) >= 11 is 0. The largest absolute Gasteiger partial charge is 0.493 e. The zero-order chi connectivity index (χ0) is 30.2. The summed E-state index contributed by atoms with van der Waals surface area (Å²) in [6, 6.07) is 3.39. The molecule has 228 valence electrons. The van der Waals surface area contributed by atoms with Crippen LogP contribution in [0.1, 0.15) is 36.8 Å². The Labute approximate surface area is 243 Å². The van der Waals surface area contributed by atoms with E-state index in [-0.39, 0.29) is 50.0 Å². The van der Waals surface area contributed by atoms with Gasteiger partial charge < -0.3 is 44.3 Å². The van der Waals surface area contributed by atoms with Gasteiger partial charge in [-0.15, -0.1) is 0 Å². The van der Waals surface area contributed by atoms with Crippen molar-refractivity contribution in [3.8, 4) is 11.5 Å². The van der Waals surface area contributed by atoms with Crippen LogP contribution in [0.4, 0.5) is 4.79 Å². The van der Waals surface area contributed by atoms with E-state index in [1.54, 1.807) is 24.0 Å². The minimum Gasteiger partial charge on any atom is -0.493 e. The Kier molecular flexibility index (Phi) is 10.4. The van der Waals surface area contributed by atoms with Gasteiger partial charge in [-0.1, -0.05) is 0 Å². The molecule has 1 fully saturated rings. The molecule has 2 unspecified atom stereocenters. The molecule has 3 amide bonds. The second-order valence-electron chi connectivity index (χ2n) is 10.3. The molecule has 3 aliphatic rings. The predicted molar refractivity (Wildman–Crippen MR) is 148 cm³/mol. The van der Waals surface area contributed by atoms with E-state index >= 15 is 0 Å². The van der Waals surface area contributed by atoms with E-state index < -0.39 is 11.9 Å². The highest BCUT2D eigenvalue weighted by molar-refractivity contribution is 5.82. The van der Waals surface area contributed by atoms with Crippen molar-refractivity contribution in [3.63, 3.8) is 0 Å². The third-order valence-corrected chi connectivity index (χ3v) is 7.33. The lowest BCUT2D eigenvalue weighted by molar-refractivity contribution is -0.140. The van der Waals surface area contributed by atoms with Gasteiger partial charge in [-0.25, -0.2) is 4.79 Å². The molecule has 1 aromatic rings. The van der Waals surface area contributed by atoms with Crippen LogP contribution in [0.15, 0.2) is 35.4 Å². The number of carbonyl (C=O) groups excluding carboxylic acids is 2. The van der Waals surface area contributed by atoms with E-state index in [1.807, 2.05) is 24.3 Å². The van der Waals surface area contributed by atoms with E-state index in [4.69, 9.17) is 29.2 Å². The summed E-state index contributed by atoms with van der Waals surface area (Å²) in [5, 5.41) is 20.2. The number of urea groups is 1. The number of likely N-dealkylation sites (tertiary alicyclic amines) is 1. The molecule has 1 saturated heterocycles. The van der Waals surface area contributed by atoms with Gasteiger partial charge in [-0.05, 0) is 46.6 Å². The smallest absolute Gasteiger partial charge is 0.318 e. The molecule has 0 spiro atoms. The Balaban J connectivity index is 1.25. The molecule has 2 heterocycles. The minimum atomic E-state index is -0.993. The average molecular weight is 588 g/mol. The fourth-order valence-corrected chi connectivity index (χ4v) is 5.14. The molecule has 13 heteroatoms. The van der Waals surface area contributed by atoms with Crippen LogP contribution in [0.3, 0.4) is 0 Å². The molecule has 0 aromatic heterocycles. The van der Waals surface area contributed by atoms with E-state index in [1.165, 1.54) is 0 Å². The maximum absolute atomic E-state index is 12.4. The molecular formula is C29H37N3O10. The summed E-state index contributed by atoms with van der Waals surface area (Å²) < 4.78 is 23.2. The van der Waals surface area contributed by atoms with Crippen LogP contribution in [-0.4, -0.2) is 103 Å². The van der Waals surface area contributed by atoms with Crippen LogP contribution in [0, 0.1) is 0 Å². The number of carboxylic acids is 2. The second kappa shape index (κ2) is 14.2. The van der Waals surface area contributed by atoms with Gasteiger partial charge in [0.05, 0.1) is 33.2 Å². The number of carbonyl (C=O) groups is 4. The molecule has 3 N–H and O–H groups in total. The average Bonchev–Trinajstić information content (AvgIpc) is 3.58. The first-order valence-corrected chi connectivity index (χ1v) is 13.8. The summed E-state index contributed by atoms with van der Waals surface area (Å²) in [5.74, 6) is -1.04. The fourth-order valence-electron chi connectivity index (χ4n) is 5.14. The first-order chi connectivity index (χ1) is 20.2. The standard InChI is InChI=1S/C29H37N3O10/c1-39-22-10-18-14-31(26(33)4-5-27(34)35)15-20(18)12-24(22)41-8-3-9-42-25-13-21-17-32(16-19(21)11-23(25)40-2)29(38)30-7-6-28(36)37/h10-13,22,24H,3-9,14-17H2,1-2H3,(H,30,38)(H,34,35)(H,36,37). The van der Waals surface area contributed by atoms with Gasteiger partial charge in [-0.2, -0.15) is 0 Å². The van der Waals surface area contributed by atoms with Gasteiger partial charge in [0, 0.05) is 52.7 Å². The minimum absolute atomic E-state index is 0.0271. The lowest BCUT2D eigenvalue weighted by Crippen LogP contribution is -2.37. The van der Waals surface area contributed by atoms with Crippen molar-refractivity contribution in [1.29, 1.82) is 0 Å². The Morgan fingerprint density at radius 3 is 2.10 bits per heavy atom. The summed E-state index contributed by atoms with van der Waals surface area (Å²) in [6.45, 7) is 2.45. The number of amides is 3. The van der Waals surface area contributed by atoms with Crippen LogP contribution < -0.4 is 14.8 Å². The van der Waals surface area contributed by atoms with Gasteiger partial charge in [0.2, 0.25) is 5.91 Å². The van der Waals surface area contributed by atoms with Gasteiger partial charge >= 0.3 is 18.0 Å². The quantitative estimate of drug-likeness (QED) is 0.274. The number of ether oxygens (including phenoxy) is 4. The number of fused-ring (bicyclic) bond motifs is 2. The fraction of sp³-hybridized carbons (Fsp3) is 0.517. The van der Waals surface area contributed by atoms with Crippen LogP contribution >= 0.6 is 0 Å². The number of benzene rings is 1. The van der Waals surface area contributed by atoms with Gasteiger partial charge in [-0.3, -0.25) is 14.4 Å². The highest BCUT2D eigenvalue weighted by Crippen LogP contribution is 2.35. The Bertz CT molecular complexity index is 1260. The Morgan fingerprint density at radius 2 is 1.48 bits per heavy atom. The van der Waals surface area contributed by atoms with Crippen LogP contribution in [0.5, 0.6) is 11.5 Å². The van der Waals surface area contributed by atoms with Crippen molar-refractivity contribution in [1.82, 2.24) is 15.1 Å². The molecule has 0 saturated carbocycles. The van der Waals surface area contributed by atoms with E-state index in [9.17, 15) is 19.2 Å². The van der Waals surface area contributed by atoms with Crippen molar-refractivity contribution < 1.29 is 48.3 Å². The van der Waals surface area contributed by atoms with Crippen LogP contribution in [0.25, 0.3) is 0 Å². The molecule has 42 heavy (non-hydrogen) atoms. The first kappa shape index (κ1) is 30.8. The SMILES string of the molecule is COc1cc2c(cc1OCCCOC1C=C3CN(C(=O)CCC(=O)O)CC3=CC1OC)CN(C(=O)NCCC(=O)O)C2.